The number of Topliss-reactive ketones (excluding diaryl/α,β-unsaturated/α-hetero) is 1. The molecule has 1 heterocycles. The third kappa shape index (κ3) is 4.29. The first-order valence-electron chi connectivity index (χ1n) is 8.68. The number of nitrogens with one attached hydrogen (secondary N) is 1. The molecule has 0 saturated carbocycles. The SMILES string of the molecule is Cc1ccc(Cn2cccc2C(=O)C(=O)Nc2cc(Cl)ccc2C)cc1C. The maximum absolute atomic E-state index is 12.7. The third-order valence-electron chi connectivity index (χ3n) is 4.64. The lowest BCUT2D eigenvalue weighted by Gasteiger charge is -2.11. The Balaban J connectivity index is 1.79. The summed E-state index contributed by atoms with van der Waals surface area (Å²) in [6.45, 7) is 6.49. The summed E-state index contributed by atoms with van der Waals surface area (Å²) in [6.07, 6.45) is 1.81. The first-order valence-corrected chi connectivity index (χ1v) is 9.06. The van der Waals surface area contributed by atoms with E-state index >= 15 is 0 Å². The van der Waals surface area contributed by atoms with Crippen LogP contribution in [0.15, 0.2) is 54.7 Å². The number of benzene rings is 2. The van der Waals surface area contributed by atoms with Crippen LogP contribution in [0.3, 0.4) is 0 Å². The first kappa shape index (κ1) is 18.9. The Morgan fingerprint density at radius 2 is 1.70 bits per heavy atom. The van der Waals surface area contributed by atoms with Gasteiger partial charge in [0.25, 0.3) is 11.7 Å². The largest absolute Gasteiger partial charge is 0.340 e. The molecule has 0 aliphatic heterocycles. The van der Waals surface area contributed by atoms with Crippen molar-refractivity contribution < 1.29 is 9.59 Å². The molecule has 1 N–H and O–H groups in total. The molecule has 3 aromatic rings. The van der Waals surface area contributed by atoms with E-state index in [0.29, 0.717) is 22.9 Å². The molecular formula is C22H21ClN2O2. The lowest BCUT2D eigenvalue weighted by molar-refractivity contribution is -0.112. The fraction of sp³-hybridized carbons (Fsp3) is 0.182. The fourth-order valence-electron chi connectivity index (χ4n) is 2.88. The van der Waals surface area contributed by atoms with Crippen molar-refractivity contribution in [3.63, 3.8) is 0 Å². The molecule has 0 unspecified atom stereocenters. The van der Waals surface area contributed by atoms with Gasteiger partial charge in [-0.15, -0.1) is 0 Å². The fourth-order valence-corrected chi connectivity index (χ4v) is 3.05. The zero-order valence-electron chi connectivity index (χ0n) is 15.5. The topological polar surface area (TPSA) is 51.1 Å². The van der Waals surface area contributed by atoms with Crippen LogP contribution in [0.1, 0.15) is 32.7 Å². The molecule has 0 spiro atoms. The summed E-state index contributed by atoms with van der Waals surface area (Å²) in [5.74, 6) is -1.26. The maximum atomic E-state index is 12.7. The minimum absolute atomic E-state index is 0.352. The van der Waals surface area contributed by atoms with Gasteiger partial charge < -0.3 is 9.88 Å². The quantitative estimate of drug-likeness (QED) is 0.503. The van der Waals surface area contributed by atoms with Crippen molar-refractivity contribution >= 4 is 29.0 Å². The van der Waals surface area contributed by atoms with E-state index in [2.05, 4.69) is 31.3 Å². The van der Waals surface area contributed by atoms with E-state index < -0.39 is 11.7 Å². The van der Waals surface area contributed by atoms with Gasteiger partial charge in [-0.2, -0.15) is 0 Å². The first-order chi connectivity index (χ1) is 12.8. The molecule has 4 nitrogen and oxygen atoms in total. The Morgan fingerprint density at radius 1 is 0.963 bits per heavy atom. The van der Waals surface area contributed by atoms with E-state index in [0.717, 1.165) is 11.1 Å². The monoisotopic (exact) mass is 380 g/mol. The smallest absolute Gasteiger partial charge is 0.298 e. The van der Waals surface area contributed by atoms with Crippen LogP contribution in [0.5, 0.6) is 0 Å². The molecule has 2 aromatic carbocycles. The Kier molecular flexibility index (Phi) is 5.47. The van der Waals surface area contributed by atoms with Crippen LogP contribution in [0.2, 0.25) is 5.02 Å². The number of carbonyl (C=O) groups is 2. The van der Waals surface area contributed by atoms with E-state index in [1.54, 1.807) is 41.1 Å². The van der Waals surface area contributed by atoms with Gasteiger partial charge in [-0.25, -0.2) is 0 Å². The van der Waals surface area contributed by atoms with Gasteiger partial charge in [-0.05, 0) is 67.3 Å². The number of rotatable bonds is 5. The molecular weight excluding hydrogens is 360 g/mol. The Morgan fingerprint density at radius 3 is 2.44 bits per heavy atom. The van der Waals surface area contributed by atoms with Crippen molar-refractivity contribution in [1.82, 2.24) is 4.57 Å². The lowest BCUT2D eigenvalue weighted by atomic mass is 10.1. The minimum Gasteiger partial charge on any atom is -0.340 e. The van der Waals surface area contributed by atoms with Crippen molar-refractivity contribution in [2.24, 2.45) is 0 Å². The summed E-state index contributed by atoms with van der Waals surface area (Å²) < 4.78 is 1.79. The normalized spacial score (nSPS) is 10.7. The molecule has 0 radical (unpaired) electrons. The van der Waals surface area contributed by atoms with Crippen LogP contribution in [-0.4, -0.2) is 16.3 Å². The molecule has 0 saturated heterocycles. The van der Waals surface area contributed by atoms with Gasteiger partial charge in [-0.1, -0.05) is 35.9 Å². The number of nitrogens with zero attached hydrogens (tertiary/aromatic N) is 1. The van der Waals surface area contributed by atoms with Gasteiger partial charge in [-0.3, -0.25) is 9.59 Å². The number of aromatic nitrogens is 1. The van der Waals surface area contributed by atoms with Crippen LogP contribution in [0, 0.1) is 20.8 Å². The Hall–Kier alpha value is -2.85. The molecule has 0 fully saturated rings. The van der Waals surface area contributed by atoms with Gasteiger partial charge in [0.05, 0.1) is 5.69 Å². The average molecular weight is 381 g/mol. The molecule has 0 atom stereocenters. The van der Waals surface area contributed by atoms with Crippen molar-refractivity contribution in [1.29, 1.82) is 0 Å². The van der Waals surface area contributed by atoms with Crippen LogP contribution < -0.4 is 5.32 Å². The van der Waals surface area contributed by atoms with Gasteiger partial charge in [0.1, 0.15) is 0 Å². The molecule has 0 aliphatic rings. The number of carbonyl (C=O) groups excluding carboxylic acids is 2. The van der Waals surface area contributed by atoms with Crippen LogP contribution in [-0.2, 0) is 11.3 Å². The highest BCUT2D eigenvalue weighted by Crippen LogP contribution is 2.20. The van der Waals surface area contributed by atoms with E-state index in [4.69, 9.17) is 11.6 Å². The summed E-state index contributed by atoms with van der Waals surface area (Å²) in [4.78, 5) is 25.1. The summed E-state index contributed by atoms with van der Waals surface area (Å²) in [7, 11) is 0. The predicted octanol–water partition coefficient (Wildman–Crippen LogP) is 4.94. The molecule has 27 heavy (non-hydrogen) atoms. The van der Waals surface area contributed by atoms with Crippen molar-refractivity contribution in [3.8, 4) is 0 Å². The zero-order chi connectivity index (χ0) is 19.6. The number of anilines is 1. The molecule has 0 bridgehead atoms. The second-order valence-corrected chi connectivity index (χ2v) is 7.12. The number of halogens is 1. The van der Waals surface area contributed by atoms with Crippen molar-refractivity contribution in [3.05, 3.63) is 87.7 Å². The number of ketones is 1. The van der Waals surface area contributed by atoms with Crippen LogP contribution in [0.4, 0.5) is 5.69 Å². The van der Waals surface area contributed by atoms with Crippen LogP contribution in [0.25, 0.3) is 0 Å². The van der Waals surface area contributed by atoms with Gasteiger partial charge in [0.2, 0.25) is 0 Å². The highest BCUT2D eigenvalue weighted by atomic mass is 35.5. The van der Waals surface area contributed by atoms with Gasteiger partial charge >= 0.3 is 0 Å². The highest BCUT2D eigenvalue weighted by Gasteiger charge is 2.20. The van der Waals surface area contributed by atoms with E-state index in [9.17, 15) is 9.59 Å². The molecule has 1 amide bonds. The average Bonchev–Trinajstić information content (AvgIpc) is 3.08. The summed E-state index contributed by atoms with van der Waals surface area (Å²) in [6, 6.07) is 14.8. The van der Waals surface area contributed by atoms with E-state index in [-0.39, 0.29) is 0 Å². The van der Waals surface area contributed by atoms with E-state index in [1.807, 2.05) is 13.0 Å². The van der Waals surface area contributed by atoms with Crippen molar-refractivity contribution in [2.75, 3.05) is 5.32 Å². The second kappa shape index (κ2) is 7.80. The summed E-state index contributed by atoms with van der Waals surface area (Å²) in [5.41, 5.74) is 5.22. The molecule has 3 rings (SSSR count). The highest BCUT2D eigenvalue weighted by molar-refractivity contribution is 6.46. The van der Waals surface area contributed by atoms with Crippen LogP contribution >= 0.6 is 11.6 Å². The van der Waals surface area contributed by atoms with Gasteiger partial charge in [0, 0.05) is 23.5 Å². The maximum Gasteiger partial charge on any atom is 0.298 e. The number of hydrogen-bond donors (Lipinski definition) is 1. The lowest BCUT2D eigenvalue weighted by Crippen LogP contribution is -2.25. The third-order valence-corrected chi connectivity index (χ3v) is 4.88. The standard InChI is InChI=1S/C22H21ClN2O2/c1-14-6-8-17(11-16(14)3)13-25-10-4-5-20(25)21(26)22(27)24-19-12-18(23)9-7-15(19)2/h4-12H,13H2,1-3H3,(H,24,27). The molecule has 138 valence electrons. The van der Waals surface area contributed by atoms with Crippen molar-refractivity contribution in [2.45, 2.75) is 27.3 Å². The second-order valence-electron chi connectivity index (χ2n) is 6.68. The van der Waals surface area contributed by atoms with Gasteiger partial charge in [0.15, 0.2) is 0 Å². The molecule has 1 aromatic heterocycles. The molecule has 0 aliphatic carbocycles. The summed E-state index contributed by atoms with van der Waals surface area (Å²) in [5, 5.41) is 3.16. The molecule has 5 heteroatoms. The number of hydrogen-bond acceptors (Lipinski definition) is 2. The zero-order valence-corrected chi connectivity index (χ0v) is 16.3. The minimum atomic E-state index is -0.680. The number of aryl methyl sites for hydroxylation is 3. The predicted molar refractivity (Wildman–Crippen MR) is 109 cm³/mol. The number of amides is 1. The Labute approximate surface area is 163 Å². The summed E-state index contributed by atoms with van der Waals surface area (Å²) >= 11 is 5.98. The van der Waals surface area contributed by atoms with E-state index in [1.165, 1.54) is 11.1 Å². The Bertz CT molecular complexity index is 1020.